The van der Waals surface area contributed by atoms with Gasteiger partial charge in [0.1, 0.15) is 0 Å². The molecule has 9 heterocycles. The number of carbonyl (C=O) groups is 2. The van der Waals surface area contributed by atoms with Crippen LogP contribution in [0.15, 0.2) is 61.7 Å². The second-order valence-corrected chi connectivity index (χ2v) is 26.0. The lowest BCUT2D eigenvalue weighted by Gasteiger charge is -2.02. The Bertz CT molecular complexity index is 3320. The van der Waals surface area contributed by atoms with E-state index in [4.69, 9.17) is 9.47 Å². The van der Waals surface area contributed by atoms with Gasteiger partial charge in [-0.05, 0) is 85.8 Å². The van der Waals surface area contributed by atoms with E-state index >= 15 is 0 Å². The summed E-state index contributed by atoms with van der Waals surface area (Å²) >= 11 is 16.3. The molecule has 0 amide bonds. The molecule has 9 aromatic rings. The van der Waals surface area contributed by atoms with Crippen LogP contribution < -0.4 is 0 Å². The fourth-order valence-electron chi connectivity index (χ4n) is 7.78. The van der Waals surface area contributed by atoms with Gasteiger partial charge >= 0.3 is 11.9 Å². The molecule has 0 aromatic carbocycles. The van der Waals surface area contributed by atoms with Gasteiger partial charge in [0.2, 0.25) is 0 Å². The monoisotopic (exact) mass is 1070 g/mol. The van der Waals surface area contributed by atoms with Gasteiger partial charge in [-0.15, -0.1) is 102 Å². The lowest BCUT2D eigenvalue weighted by molar-refractivity contribution is -0.138. The van der Waals surface area contributed by atoms with Crippen LogP contribution in [0.3, 0.4) is 0 Å². The van der Waals surface area contributed by atoms with Crippen LogP contribution in [0.4, 0.5) is 0 Å². The summed E-state index contributed by atoms with van der Waals surface area (Å²) in [6.45, 7) is 7.82. The standard InChI is InChI=1S/C56H48O4S9/c1-3-49(57)59-29-21-17-13-9-5-7-11-15-19-23-37-31-43-51(61-37)53-45(67-43)33-39(63-53)25-27-41-35-47-55(65-41)56-48(69-47)36-42(66-56)28-26-40-34-46-54(64-40)52-44(68-46)32-38(62-52)24-20-16-12-8-6-10-14-18-22-30-60-50(58)4-2/h3-4,31-36H,1-2,5-18,21-22,29-30H2. The van der Waals surface area contributed by atoms with E-state index < -0.39 is 0 Å². The lowest BCUT2D eigenvalue weighted by atomic mass is 10.1. The Labute approximate surface area is 439 Å². The highest BCUT2D eigenvalue weighted by Crippen LogP contribution is 2.46. The molecule has 0 aliphatic rings. The summed E-state index contributed by atoms with van der Waals surface area (Å²) in [6, 6.07) is 13.5. The van der Waals surface area contributed by atoms with Gasteiger partial charge in [0, 0.05) is 53.2 Å². The molecule has 4 nitrogen and oxygen atoms in total. The molecule has 9 aromatic heterocycles. The molecule has 13 heteroatoms. The summed E-state index contributed by atoms with van der Waals surface area (Å²) in [7, 11) is 0. The van der Waals surface area contributed by atoms with E-state index in [1.165, 1.54) is 120 Å². The number of rotatable bonds is 20. The van der Waals surface area contributed by atoms with Crippen LogP contribution in [-0.2, 0) is 19.1 Å². The zero-order valence-electron chi connectivity index (χ0n) is 38.1. The number of esters is 2. The van der Waals surface area contributed by atoms with Gasteiger partial charge in [0.15, 0.2) is 0 Å². The predicted molar refractivity (Wildman–Crippen MR) is 307 cm³/mol. The van der Waals surface area contributed by atoms with Crippen molar-refractivity contribution in [3.05, 3.63) is 91.0 Å². The first kappa shape index (κ1) is 49.5. The van der Waals surface area contributed by atoms with E-state index in [0.717, 1.165) is 80.6 Å². The van der Waals surface area contributed by atoms with E-state index in [9.17, 15) is 9.59 Å². The van der Waals surface area contributed by atoms with Crippen molar-refractivity contribution in [2.24, 2.45) is 0 Å². The fourth-order valence-corrected chi connectivity index (χ4v) is 19.0. The Hall–Kier alpha value is -4.48. The largest absolute Gasteiger partial charge is 0.463 e. The van der Waals surface area contributed by atoms with E-state index in [2.05, 4.69) is 96.9 Å². The van der Waals surface area contributed by atoms with Crippen LogP contribution in [0.2, 0.25) is 0 Å². The van der Waals surface area contributed by atoms with Crippen molar-refractivity contribution in [2.75, 3.05) is 13.2 Å². The smallest absolute Gasteiger partial charge is 0.330 e. The quantitative estimate of drug-likeness (QED) is 0.0330. The van der Waals surface area contributed by atoms with Gasteiger partial charge in [-0.1, -0.05) is 101 Å². The van der Waals surface area contributed by atoms with Crippen LogP contribution >= 0.6 is 102 Å². The molecule has 0 spiro atoms. The van der Waals surface area contributed by atoms with Gasteiger partial charge < -0.3 is 9.47 Å². The molecular formula is C56H48O4S9. The van der Waals surface area contributed by atoms with Crippen LogP contribution in [0.25, 0.3) is 56.4 Å². The van der Waals surface area contributed by atoms with Crippen LogP contribution in [0, 0.1) is 47.4 Å². The third-order valence-corrected chi connectivity index (χ3v) is 22.0. The number of carbonyl (C=O) groups excluding carboxylic acids is 2. The topological polar surface area (TPSA) is 52.6 Å². The molecule has 0 radical (unpaired) electrons. The minimum Gasteiger partial charge on any atom is -0.463 e. The molecule has 0 saturated heterocycles. The summed E-state index contributed by atoms with van der Waals surface area (Å²) in [6.07, 6.45) is 20.3. The second-order valence-electron chi connectivity index (χ2n) is 16.4. The van der Waals surface area contributed by atoms with Gasteiger partial charge in [0.25, 0.3) is 0 Å². The predicted octanol–water partition coefficient (Wildman–Crippen LogP) is 18.4. The maximum atomic E-state index is 11.1. The maximum absolute atomic E-state index is 11.1. The first-order valence-electron chi connectivity index (χ1n) is 23.4. The van der Waals surface area contributed by atoms with E-state index in [1.54, 1.807) is 45.3 Å². The molecule has 0 saturated carbocycles. The molecule has 0 bridgehead atoms. The number of fused-ring (bicyclic) bond motifs is 9. The van der Waals surface area contributed by atoms with E-state index in [-0.39, 0.29) is 11.9 Å². The summed E-state index contributed by atoms with van der Waals surface area (Å²) < 4.78 is 25.9. The molecule has 0 N–H and O–H groups in total. The Morgan fingerprint density at radius 2 is 0.609 bits per heavy atom. The van der Waals surface area contributed by atoms with Crippen LogP contribution in [-0.4, -0.2) is 25.2 Å². The third-order valence-electron chi connectivity index (χ3n) is 11.2. The van der Waals surface area contributed by atoms with Crippen molar-refractivity contribution >= 4 is 170 Å². The van der Waals surface area contributed by atoms with E-state index in [1.807, 2.05) is 56.7 Å². The minimum absolute atomic E-state index is 0.333. The summed E-state index contributed by atoms with van der Waals surface area (Å²) in [5.74, 6) is 27.0. The average molecular weight is 1070 g/mol. The molecule has 0 unspecified atom stereocenters. The van der Waals surface area contributed by atoms with Crippen molar-refractivity contribution in [1.82, 2.24) is 0 Å². The Morgan fingerprint density at radius 3 is 0.884 bits per heavy atom. The second kappa shape index (κ2) is 24.6. The minimum atomic E-state index is -0.333. The van der Waals surface area contributed by atoms with Gasteiger partial charge in [-0.3, -0.25) is 0 Å². The van der Waals surface area contributed by atoms with Crippen molar-refractivity contribution in [3.63, 3.8) is 0 Å². The van der Waals surface area contributed by atoms with Crippen molar-refractivity contribution in [3.8, 4) is 47.4 Å². The summed E-state index contributed by atoms with van der Waals surface area (Å²) in [5, 5.41) is 0. The zero-order valence-corrected chi connectivity index (χ0v) is 45.4. The zero-order chi connectivity index (χ0) is 47.4. The number of unbranched alkanes of at least 4 members (excludes halogenated alkanes) is 14. The Balaban J connectivity index is 0.739. The Morgan fingerprint density at radius 1 is 0.362 bits per heavy atom. The van der Waals surface area contributed by atoms with Crippen molar-refractivity contribution in [1.29, 1.82) is 0 Å². The molecule has 69 heavy (non-hydrogen) atoms. The molecule has 0 fully saturated rings. The number of thiophene rings is 9. The van der Waals surface area contributed by atoms with Gasteiger partial charge in [0.05, 0.1) is 70.7 Å². The fraction of sp³-hybridized carbons (Fsp3) is 0.321. The van der Waals surface area contributed by atoms with Gasteiger partial charge in [-0.25, -0.2) is 9.59 Å². The highest BCUT2D eigenvalue weighted by atomic mass is 32.1. The number of ether oxygens (including phenoxy) is 2. The van der Waals surface area contributed by atoms with Crippen LogP contribution in [0.1, 0.15) is 132 Å². The molecule has 0 aliphatic heterocycles. The molecule has 350 valence electrons. The molecule has 9 rings (SSSR count). The summed E-state index contributed by atoms with van der Waals surface area (Å²) in [5.41, 5.74) is 0. The van der Waals surface area contributed by atoms with Crippen LogP contribution in [0.5, 0.6) is 0 Å². The summed E-state index contributed by atoms with van der Waals surface area (Å²) in [4.78, 5) is 28.9. The molecule has 0 atom stereocenters. The SMILES string of the molecule is C=CC(=O)OCCCCCCCCCC#Cc1cc2sc3cc(C#Cc4cc5sc6cc(C#Cc7cc8sc9cc(C#CCCCCCCCCCOC(=O)C=C)sc9c8s7)sc6c5s4)sc3c2s1. The average Bonchev–Trinajstić information content (AvgIpc) is 4.22. The lowest BCUT2D eigenvalue weighted by Crippen LogP contribution is -2.01. The van der Waals surface area contributed by atoms with E-state index in [0.29, 0.717) is 13.2 Å². The van der Waals surface area contributed by atoms with Gasteiger partial charge in [-0.2, -0.15) is 0 Å². The third kappa shape index (κ3) is 13.1. The maximum Gasteiger partial charge on any atom is 0.330 e. The van der Waals surface area contributed by atoms with Crippen molar-refractivity contribution < 1.29 is 19.1 Å². The highest BCUT2D eigenvalue weighted by molar-refractivity contribution is 7.40. The first-order valence-corrected chi connectivity index (χ1v) is 30.7. The normalized spacial score (nSPS) is 11.1. The highest BCUT2D eigenvalue weighted by Gasteiger charge is 2.15. The first-order chi connectivity index (χ1) is 33.9. The van der Waals surface area contributed by atoms with Crippen molar-refractivity contribution in [2.45, 2.75) is 103 Å². The number of hydrogen-bond acceptors (Lipinski definition) is 13. The Kier molecular flexibility index (Phi) is 17.6. The molecule has 0 aliphatic carbocycles. The molecular weight excluding hydrogens is 1030 g/mol. The number of hydrogen-bond donors (Lipinski definition) is 0.